The Labute approximate surface area is 217 Å². The number of nitrogens with two attached hydrogens (primary N) is 1. The van der Waals surface area contributed by atoms with Crippen molar-refractivity contribution >= 4 is 29.5 Å². The summed E-state index contributed by atoms with van der Waals surface area (Å²) in [5.41, 5.74) is 8.01. The highest BCUT2D eigenvalue weighted by molar-refractivity contribution is 7.99. The highest BCUT2D eigenvalue weighted by atomic mass is 32.2. The molecule has 36 heavy (non-hydrogen) atoms. The van der Waals surface area contributed by atoms with Crippen LogP contribution in [0.25, 0.3) is 6.08 Å². The van der Waals surface area contributed by atoms with Crippen molar-refractivity contribution in [2.45, 2.75) is 55.4 Å². The van der Waals surface area contributed by atoms with E-state index in [0.717, 1.165) is 37.1 Å². The number of nitrogen functional groups attached to an aromatic ring is 1. The number of aliphatic hydroxyl groups excluding tert-OH is 1. The summed E-state index contributed by atoms with van der Waals surface area (Å²) >= 11 is 1.15. The fourth-order valence-electron chi connectivity index (χ4n) is 3.76. The fraction of sp³-hybridized carbons (Fsp3) is 0.310. The maximum Gasteiger partial charge on any atom is 0.328 e. The van der Waals surface area contributed by atoms with Crippen LogP contribution in [-0.4, -0.2) is 27.8 Å². The van der Waals surface area contributed by atoms with Crippen LogP contribution >= 0.6 is 11.8 Å². The predicted octanol–water partition coefficient (Wildman–Crippen LogP) is 6.51. The van der Waals surface area contributed by atoms with Gasteiger partial charge in [0.05, 0.1) is 11.6 Å². The zero-order valence-corrected chi connectivity index (χ0v) is 21.2. The number of aryl methyl sites for hydroxylation is 1. The van der Waals surface area contributed by atoms with E-state index in [0.29, 0.717) is 34.3 Å². The molecule has 1 aromatic heterocycles. The number of ether oxygens (including phenoxy) is 1. The minimum atomic E-state index is -1.06. The molecule has 3 aromatic rings. The smallest absolute Gasteiger partial charge is 0.328 e. The first-order chi connectivity index (χ1) is 17.5. The molecule has 0 amide bonds. The number of aromatic nitrogens is 1. The Morgan fingerprint density at radius 1 is 0.972 bits per heavy atom. The van der Waals surface area contributed by atoms with Crippen LogP contribution in [0.1, 0.15) is 60.8 Å². The predicted molar refractivity (Wildman–Crippen MR) is 146 cm³/mol. The number of hydrogen-bond acceptors (Lipinski definition) is 6. The van der Waals surface area contributed by atoms with Gasteiger partial charge in [-0.05, 0) is 60.7 Å². The first kappa shape index (κ1) is 27.3. The van der Waals surface area contributed by atoms with E-state index in [2.05, 4.69) is 29.2 Å². The third-order valence-electron chi connectivity index (χ3n) is 5.63. The normalized spacial score (nSPS) is 12.0. The molecule has 0 fully saturated rings. The molecule has 0 saturated carbocycles. The second-order valence-electron chi connectivity index (χ2n) is 8.55. The van der Waals surface area contributed by atoms with E-state index in [1.807, 2.05) is 6.07 Å². The molecule has 3 rings (SSSR count). The lowest BCUT2D eigenvalue weighted by Crippen LogP contribution is -2.02. The maximum absolute atomic E-state index is 11.0. The van der Waals surface area contributed by atoms with Crippen LogP contribution in [0.2, 0.25) is 0 Å². The summed E-state index contributed by atoms with van der Waals surface area (Å²) in [5.74, 6) is -0.536. The van der Waals surface area contributed by atoms with Crippen LogP contribution in [0.3, 0.4) is 0 Å². The molecule has 1 unspecified atom stereocenters. The van der Waals surface area contributed by atoms with Crippen molar-refractivity contribution in [2.24, 2.45) is 0 Å². The SMILES string of the molecule is Nc1cccc(C(O)Sc2ccc(OCCCCCCCCc3ccccc3)c(C=CC(=O)O)n2)c1. The second-order valence-corrected chi connectivity index (χ2v) is 9.65. The van der Waals surface area contributed by atoms with Gasteiger partial charge in [0.15, 0.2) is 0 Å². The van der Waals surface area contributed by atoms with E-state index in [-0.39, 0.29) is 0 Å². The van der Waals surface area contributed by atoms with Gasteiger partial charge in [-0.1, -0.05) is 79.9 Å². The minimum Gasteiger partial charge on any atom is -0.491 e. The van der Waals surface area contributed by atoms with Gasteiger partial charge in [0.2, 0.25) is 0 Å². The lowest BCUT2D eigenvalue weighted by Gasteiger charge is -2.13. The van der Waals surface area contributed by atoms with Crippen LogP contribution in [0.5, 0.6) is 5.75 Å². The Morgan fingerprint density at radius 3 is 2.47 bits per heavy atom. The maximum atomic E-state index is 11.0. The molecule has 1 atom stereocenters. The van der Waals surface area contributed by atoms with Gasteiger partial charge in [-0.15, -0.1) is 0 Å². The molecule has 4 N–H and O–H groups in total. The molecular formula is C29H34N2O4S. The number of hydrogen-bond donors (Lipinski definition) is 3. The number of carboxylic acid groups (broad SMARTS) is 1. The number of pyridine rings is 1. The van der Waals surface area contributed by atoms with E-state index in [9.17, 15) is 9.90 Å². The van der Waals surface area contributed by atoms with Gasteiger partial charge in [0.25, 0.3) is 0 Å². The van der Waals surface area contributed by atoms with Crippen molar-refractivity contribution in [3.05, 3.63) is 89.6 Å². The Bertz CT molecular complexity index is 1120. The summed E-state index contributed by atoms with van der Waals surface area (Å²) in [5, 5.41) is 20.1. The van der Waals surface area contributed by atoms with Crippen LogP contribution in [0.15, 0.2) is 77.8 Å². The lowest BCUT2D eigenvalue weighted by molar-refractivity contribution is -0.131. The summed E-state index contributed by atoms with van der Waals surface area (Å²) in [6.07, 6.45) is 10.4. The number of nitrogens with zero attached hydrogens (tertiary/aromatic N) is 1. The summed E-state index contributed by atoms with van der Waals surface area (Å²) < 4.78 is 5.92. The molecule has 0 radical (unpaired) electrons. The number of aliphatic hydroxyl groups is 1. The van der Waals surface area contributed by atoms with Gasteiger partial charge in [-0.3, -0.25) is 0 Å². The summed E-state index contributed by atoms with van der Waals surface area (Å²) in [6, 6.07) is 21.2. The number of carbonyl (C=O) groups is 1. The average molecular weight is 507 g/mol. The third-order valence-corrected chi connectivity index (χ3v) is 6.60. The number of aliphatic carboxylic acids is 1. The molecule has 0 aliphatic carbocycles. The number of rotatable bonds is 15. The van der Waals surface area contributed by atoms with E-state index < -0.39 is 11.4 Å². The third kappa shape index (κ3) is 9.76. The quantitative estimate of drug-likeness (QED) is 0.0709. The average Bonchev–Trinajstić information content (AvgIpc) is 2.88. The Kier molecular flexibility index (Phi) is 11.3. The Balaban J connectivity index is 1.44. The molecule has 6 nitrogen and oxygen atoms in total. The van der Waals surface area contributed by atoms with Gasteiger partial charge >= 0.3 is 5.97 Å². The fourth-order valence-corrected chi connectivity index (χ4v) is 4.57. The number of unbranched alkanes of at least 4 members (excludes halogenated alkanes) is 5. The Hall–Kier alpha value is -3.29. The van der Waals surface area contributed by atoms with Crippen molar-refractivity contribution in [3.63, 3.8) is 0 Å². The molecule has 0 aliphatic heterocycles. The topological polar surface area (TPSA) is 106 Å². The molecule has 0 bridgehead atoms. The van der Waals surface area contributed by atoms with Crippen molar-refractivity contribution in [1.82, 2.24) is 4.98 Å². The molecule has 2 aromatic carbocycles. The van der Waals surface area contributed by atoms with Gasteiger partial charge in [-0.25, -0.2) is 9.78 Å². The highest BCUT2D eigenvalue weighted by Crippen LogP contribution is 2.34. The molecule has 190 valence electrons. The van der Waals surface area contributed by atoms with E-state index in [4.69, 9.17) is 15.6 Å². The van der Waals surface area contributed by atoms with Crippen molar-refractivity contribution in [3.8, 4) is 5.75 Å². The highest BCUT2D eigenvalue weighted by Gasteiger charge is 2.13. The van der Waals surface area contributed by atoms with Crippen LogP contribution < -0.4 is 10.5 Å². The summed E-state index contributed by atoms with van der Waals surface area (Å²) in [4.78, 5) is 15.5. The molecule has 7 heteroatoms. The van der Waals surface area contributed by atoms with Crippen LogP contribution in [-0.2, 0) is 11.2 Å². The number of carboxylic acids is 1. The molecule has 0 saturated heterocycles. The largest absolute Gasteiger partial charge is 0.491 e. The molecule has 0 aliphatic rings. The Morgan fingerprint density at radius 2 is 1.72 bits per heavy atom. The van der Waals surface area contributed by atoms with Crippen molar-refractivity contribution in [1.29, 1.82) is 0 Å². The second kappa shape index (κ2) is 15.0. The van der Waals surface area contributed by atoms with Gasteiger partial charge < -0.3 is 20.7 Å². The number of anilines is 1. The van der Waals surface area contributed by atoms with Gasteiger partial charge in [-0.2, -0.15) is 0 Å². The number of benzene rings is 2. The van der Waals surface area contributed by atoms with Crippen molar-refractivity contribution < 1.29 is 19.7 Å². The first-order valence-corrected chi connectivity index (χ1v) is 13.2. The zero-order chi connectivity index (χ0) is 25.6. The van der Waals surface area contributed by atoms with Gasteiger partial charge in [0.1, 0.15) is 16.9 Å². The minimum absolute atomic E-state index is 0.420. The molecule has 1 heterocycles. The standard InChI is InChI=1S/C29H34N2O4S/c30-24-15-10-14-23(21-24)29(34)36-27-18-17-26(25(31-27)16-19-28(32)33)35-20-9-4-2-1-3-6-11-22-12-7-5-8-13-22/h5,7-8,10,12-19,21,29,34H,1-4,6,9,11,20,30H2,(H,32,33). The first-order valence-electron chi connectivity index (χ1n) is 12.3. The van der Waals surface area contributed by atoms with E-state index in [1.54, 1.807) is 36.4 Å². The lowest BCUT2D eigenvalue weighted by atomic mass is 10.1. The van der Waals surface area contributed by atoms with E-state index in [1.165, 1.54) is 37.3 Å². The number of thioether (sulfide) groups is 1. The molecule has 0 spiro atoms. The van der Waals surface area contributed by atoms with E-state index >= 15 is 0 Å². The monoisotopic (exact) mass is 506 g/mol. The molecular weight excluding hydrogens is 472 g/mol. The van der Waals surface area contributed by atoms with Crippen molar-refractivity contribution in [2.75, 3.05) is 12.3 Å². The zero-order valence-electron chi connectivity index (χ0n) is 20.4. The summed E-state index contributed by atoms with van der Waals surface area (Å²) in [6.45, 7) is 0.540. The van der Waals surface area contributed by atoms with Crippen LogP contribution in [0, 0.1) is 0 Å². The van der Waals surface area contributed by atoms with Crippen LogP contribution in [0.4, 0.5) is 5.69 Å². The van der Waals surface area contributed by atoms with Gasteiger partial charge in [0, 0.05) is 11.8 Å². The summed E-state index contributed by atoms with van der Waals surface area (Å²) in [7, 11) is 0.